The van der Waals surface area contributed by atoms with E-state index in [9.17, 15) is 4.79 Å². The Hall–Kier alpha value is -1.70. The molecule has 6 nitrogen and oxygen atoms in total. The summed E-state index contributed by atoms with van der Waals surface area (Å²) in [5.41, 5.74) is 6.36. The number of aliphatic hydroxyl groups excluding tert-OH is 1. The van der Waals surface area contributed by atoms with Crippen LogP contribution in [0.1, 0.15) is 9.67 Å². The number of fused-ring (bicyclic) bond motifs is 1. The predicted molar refractivity (Wildman–Crippen MR) is 74.2 cm³/mol. The first-order chi connectivity index (χ1) is 9.17. The number of nitrogens with one attached hydrogen (secondary N) is 1. The molecule has 0 bridgehead atoms. The molecular weight excluding hydrogens is 266 g/mol. The van der Waals surface area contributed by atoms with Crippen LogP contribution in [0.5, 0.6) is 0 Å². The van der Waals surface area contributed by atoms with Crippen LogP contribution in [0.4, 0.5) is 5.69 Å². The molecule has 0 radical (unpaired) electrons. The first kappa shape index (κ1) is 13.7. The van der Waals surface area contributed by atoms with Crippen LogP contribution in [0.3, 0.4) is 0 Å². The number of carbonyl (C=O) groups is 1. The summed E-state index contributed by atoms with van der Waals surface area (Å²) in [6.45, 7) is 0.0495. The number of ether oxygens (including phenoxy) is 1. The average molecular weight is 281 g/mol. The predicted octanol–water partition coefficient (Wildman–Crippen LogP) is 0.616. The van der Waals surface area contributed by atoms with E-state index in [1.807, 2.05) is 6.07 Å². The molecule has 0 aliphatic rings. The number of pyridine rings is 1. The van der Waals surface area contributed by atoms with Gasteiger partial charge < -0.3 is 20.9 Å². The van der Waals surface area contributed by atoms with Crippen molar-refractivity contribution in [2.75, 3.05) is 26.1 Å². The summed E-state index contributed by atoms with van der Waals surface area (Å²) in [6.07, 6.45) is 1.65. The van der Waals surface area contributed by atoms with Gasteiger partial charge in [0.15, 0.2) is 0 Å². The molecule has 0 aromatic carbocycles. The summed E-state index contributed by atoms with van der Waals surface area (Å²) in [5.74, 6) is -0.323. The molecule has 0 spiro atoms. The molecular formula is C12H15N3O3S. The van der Waals surface area contributed by atoms with Crippen LogP contribution < -0.4 is 11.1 Å². The smallest absolute Gasteiger partial charge is 0.263 e. The number of nitrogen functional groups attached to an aromatic ring is 1. The van der Waals surface area contributed by atoms with Gasteiger partial charge >= 0.3 is 0 Å². The van der Waals surface area contributed by atoms with E-state index in [0.717, 1.165) is 10.2 Å². The Morgan fingerprint density at radius 3 is 3.11 bits per heavy atom. The van der Waals surface area contributed by atoms with Crippen molar-refractivity contribution in [2.45, 2.75) is 6.04 Å². The molecule has 2 aromatic heterocycles. The second kappa shape index (κ2) is 5.96. The second-order valence-electron chi connectivity index (χ2n) is 4.01. The SMILES string of the molecule is COCC(CO)NC(=O)c1sc2ncccc2c1N. The molecule has 1 unspecified atom stereocenters. The molecule has 1 amide bonds. The minimum Gasteiger partial charge on any atom is -0.397 e. The maximum Gasteiger partial charge on any atom is 0.263 e. The number of thiophene rings is 1. The molecule has 19 heavy (non-hydrogen) atoms. The van der Waals surface area contributed by atoms with Crippen molar-refractivity contribution in [1.29, 1.82) is 0 Å². The van der Waals surface area contributed by atoms with Gasteiger partial charge in [0.25, 0.3) is 5.91 Å². The van der Waals surface area contributed by atoms with Crippen molar-refractivity contribution >= 4 is 33.1 Å². The van der Waals surface area contributed by atoms with E-state index < -0.39 is 6.04 Å². The molecule has 2 aromatic rings. The second-order valence-corrected chi connectivity index (χ2v) is 5.01. The summed E-state index contributed by atoms with van der Waals surface area (Å²) in [6, 6.07) is 3.15. The van der Waals surface area contributed by atoms with Gasteiger partial charge in [-0.05, 0) is 12.1 Å². The number of rotatable bonds is 5. The maximum absolute atomic E-state index is 12.1. The van der Waals surface area contributed by atoms with Crippen molar-refractivity contribution in [3.63, 3.8) is 0 Å². The lowest BCUT2D eigenvalue weighted by molar-refractivity contribution is 0.0844. The van der Waals surface area contributed by atoms with Gasteiger partial charge in [-0.25, -0.2) is 4.98 Å². The van der Waals surface area contributed by atoms with Crippen LogP contribution in [0.15, 0.2) is 18.3 Å². The molecule has 0 saturated heterocycles. The lowest BCUT2D eigenvalue weighted by atomic mass is 10.2. The van der Waals surface area contributed by atoms with Crippen LogP contribution in [-0.4, -0.2) is 42.4 Å². The molecule has 0 aliphatic heterocycles. The lowest BCUT2D eigenvalue weighted by Crippen LogP contribution is -2.40. The number of anilines is 1. The number of hydrogen-bond donors (Lipinski definition) is 3. The molecule has 0 saturated carbocycles. The molecule has 2 heterocycles. The number of amides is 1. The molecule has 0 fully saturated rings. The normalized spacial score (nSPS) is 12.5. The number of nitrogens with two attached hydrogens (primary N) is 1. The summed E-state index contributed by atoms with van der Waals surface area (Å²) >= 11 is 1.23. The van der Waals surface area contributed by atoms with E-state index in [-0.39, 0.29) is 19.1 Å². The Morgan fingerprint density at radius 1 is 1.68 bits per heavy atom. The molecule has 7 heteroatoms. The first-order valence-electron chi connectivity index (χ1n) is 5.71. The van der Waals surface area contributed by atoms with Gasteiger partial charge in [0.05, 0.1) is 24.9 Å². The highest BCUT2D eigenvalue weighted by molar-refractivity contribution is 7.21. The van der Waals surface area contributed by atoms with Crippen molar-refractivity contribution in [3.8, 4) is 0 Å². The van der Waals surface area contributed by atoms with Gasteiger partial charge in [-0.2, -0.15) is 0 Å². The minimum atomic E-state index is -0.449. The average Bonchev–Trinajstić information content (AvgIpc) is 2.76. The summed E-state index contributed by atoms with van der Waals surface area (Å²) < 4.78 is 4.91. The van der Waals surface area contributed by atoms with Crippen LogP contribution in [0, 0.1) is 0 Å². The van der Waals surface area contributed by atoms with Crippen LogP contribution in [-0.2, 0) is 4.74 Å². The molecule has 4 N–H and O–H groups in total. The Kier molecular flexibility index (Phi) is 4.31. The third-order valence-corrected chi connectivity index (χ3v) is 3.76. The Balaban J connectivity index is 2.24. The summed E-state index contributed by atoms with van der Waals surface area (Å²) in [4.78, 5) is 17.4. The van der Waals surface area contributed by atoms with Gasteiger partial charge in [-0.3, -0.25) is 4.79 Å². The largest absolute Gasteiger partial charge is 0.397 e. The van der Waals surface area contributed by atoms with Gasteiger partial charge in [-0.15, -0.1) is 11.3 Å². The van der Waals surface area contributed by atoms with Gasteiger partial charge in [-0.1, -0.05) is 0 Å². The number of aliphatic hydroxyl groups is 1. The third kappa shape index (κ3) is 2.83. The lowest BCUT2D eigenvalue weighted by Gasteiger charge is -2.14. The monoisotopic (exact) mass is 281 g/mol. The summed E-state index contributed by atoms with van der Waals surface area (Å²) in [7, 11) is 1.51. The first-order valence-corrected chi connectivity index (χ1v) is 6.52. The molecule has 2 rings (SSSR count). The number of methoxy groups -OCH3 is 1. The van der Waals surface area contributed by atoms with Crippen LogP contribution >= 0.6 is 11.3 Å². The standard InChI is InChI=1S/C12H15N3O3S/c1-18-6-7(5-16)15-11(17)10-9(13)8-3-2-4-14-12(8)19-10/h2-4,7,16H,5-6,13H2,1H3,(H,15,17). The quantitative estimate of drug-likeness (QED) is 0.746. The van der Waals surface area contributed by atoms with Crippen molar-refractivity contribution in [2.24, 2.45) is 0 Å². The van der Waals surface area contributed by atoms with Gasteiger partial charge in [0.1, 0.15) is 9.71 Å². The minimum absolute atomic E-state index is 0.192. The number of carbonyl (C=O) groups excluding carboxylic acids is 1. The fourth-order valence-corrected chi connectivity index (χ4v) is 2.68. The van der Waals surface area contributed by atoms with Gasteiger partial charge in [0.2, 0.25) is 0 Å². The summed E-state index contributed by atoms with van der Waals surface area (Å²) in [5, 5.41) is 12.6. The van der Waals surface area contributed by atoms with E-state index >= 15 is 0 Å². The van der Waals surface area contributed by atoms with Crippen LogP contribution in [0.25, 0.3) is 10.2 Å². The number of nitrogens with zero attached hydrogens (tertiary/aromatic N) is 1. The highest BCUT2D eigenvalue weighted by Gasteiger charge is 2.19. The Bertz CT molecular complexity index is 585. The zero-order valence-corrected chi connectivity index (χ0v) is 11.2. The zero-order valence-electron chi connectivity index (χ0n) is 10.4. The topological polar surface area (TPSA) is 97.5 Å². The molecule has 1 atom stereocenters. The van der Waals surface area contributed by atoms with E-state index in [4.69, 9.17) is 15.6 Å². The van der Waals surface area contributed by atoms with Gasteiger partial charge in [0, 0.05) is 18.7 Å². The third-order valence-electron chi connectivity index (χ3n) is 2.63. The van der Waals surface area contributed by atoms with Crippen molar-refractivity contribution < 1.29 is 14.6 Å². The Labute approximate surface area is 114 Å². The molecule has 0 aliphatic carbocycles. The van der Waals surface area contributed by atoms with Crippen molar-refractivity contribution in [1.82, 2.24) is 10.3 Å². The highest BCUT2D eigenvalue weighted by atomic mass is 32.1. The Morgan fingerprint density at radius 2 is 2.47 bits per heavy atom. The van der Waals surface area contributed by atoms with Crippen molar-refractivity contribution in [3.05, 3.63) is 23.2 Å². The van der Waals surface area contributed by atoms with E-state index in [1.54, 1.807) is 12.3 Å². The van der Waals surface area contributed by atoms with E-state index in [2.05, 4.69) is 10.3 Å². The maximum atomic E-state index is 12.1. The fourth-order valence-electron chi connectivity index (χ4n) is 1.71. The van der Waals surface area contributed by atoms with E-state index in [0.29, 0.717) is 10.6 Å². The van der Waals surface area contributed by atoms with Crippen LogP contribution in [0.2, 0.25) is 0 Å². The number of aromatic nitrogens is 1. The molecule has 102 valence electrons. The fraction of sp³-hybridized carbons (Fsp3) is 0.333. The zero-order chi connectivity index (χ0) is 13.8. The van der Waals surface area contributed by atoms with E-state index in [1.165, 1.54) is 18.4 Å². The highest BCUT2D eigenvalue weighted by Crippen LogP contribution is 2.31. The number of hydrogen-bond acceptors (Lipinski definition) is 6.